The quantitative estimate of drug-likeness (QED) is 0.351. The molecule has 0 spiro atoms. The molecule has 0 saturated carbocycles. The Kier molecular flexibility index (Phi) is 8.91. The molecule has 0 aliphatic carbocycles. The highest BCUT2D eigenvalue weighted by Crippen LogP contribution is 2.40. The number of methoxy groups -OCH3 is 1. The number of para-hydroxylation sites is 1. The normalized spacial score (nSPS) is 15.2. The third kappa shape index (κ3) is 5.93. The van der Waals surface area contributed by atoms with Crippen molar-refractivity contribution in [2.24, 2.45) is 10.9 Å². The highest BCUT2D eigenvalue weighted by molar-refractivity contribution is 7.07. The number of hydrogen-bond acceptors (Lipinski definition) is 8. The van der Waals surface area contributed by atoms with Crippen LogP contribution in [0.1, 0.15) is 51.8 Å². The summed E-state index contributed by atoms with van der Waals surface area (Å²) in [6.07, 6.45) is 1.82. The lowest BCUT2D eigenvalue weighted by Gasteiger charge is -2.26. The molecule has 2 aromatic carbocycles. The second-order valence-corrected chi connectivity index (χ2v) is 10.4. The Hall–Kier alpha value is -3.85. The summed E-state index contributed by atoms with van der Waals surface area (Å²) in [5.41, 5.74) is 1.99. The van der Waals surface area contributed by atoms with E-state index >= 15 is 0 Å². The number of allylic oxidation sites excluding steroid dienone is 1. The molecule has 0 N–H and O–H groups in total. The number of rotatable bonds is 10. The zero-order valence-electron chi connectivity index (χ0n) is 23.1. The SMILES string of the molecule is CCOC(=O)C1=C(C)N=c2s/c(=C/c3ccc(OCC(C)C)cc3)c(=O)n2[C@@H]1c1cccc(OC)c1OCC. The number of esters is 1. The predicted octanol–water partition coefficient (Wildman–Crippen LogP) is 4.24. The van der Waals surface area contributed by atoms with E-state index in [0.29, 0.717) is 51.2 Å². The maximum absolute atomic E-state index is 13.9. The van der Waals surface area contributed by atoms with Gasteiger partial charge in [-0.2, -0.15) is 0 Å². The van der Waals surface area contributed by atoms with Crippen molar-refractivity contribution in [3.8, 4) is 17.2 Å². The molecule has 0 bridgehead atoms. The van der Waals surface area contributed by atoms with Crippen LogP contribution in [0.3, 0.4) is 0 Å². The third-order valence-corrected chi connectivity index (χ3v) is 7.07. The number of aromatic nitrogens is 1. The lowest BCUT2D eigenvalue weighted by molar-refractivity contribution is -0.139. The fourth-order valence-corrected chi connectivity index (χ4v) is 5.41. The first-order valence-corrected chi connectivity index (χ1v) is 13.8. The summed E-state index contributed by atoms with van der Waals surface area (Å²) in [5, 5.41) is 0. The number of carbonyl (C=O) groups is 1. The van der Waals surface area contributed by atoms with E-state index in [-0.39, 0.29) is 17.7 Å². The van der Waals surface area contributed by atoms with Gasteiger partial charge in [0.15, 0.2) is 16.3 Å². The summed E-state index contributed by atoms with van der Waals surface area (Å²) in [6, 6.07) is 12.2. The number of ether oxygens (including phenoxy) is 4. The molecule has 0 saturated heterocycles. The molecule has 1 aromatic heterocycles. The van der Waals surface area contributed by atoms with Crippen molar-refractivity contribution >= 4 is 23.4 Å². The van der Waals surface area contributed by atoms with Gasteiger partial charge in [0.05, 0.1) is 42.7 Å². The fraction of sp³-hybridized carbons (Fsp3) is 0.367. The molecule has 0 amide bonds. The van der Waals surface area contributed by atoms with Crippen molar-refractivity contribution in [3.63, 3.8) is 0 Å². The average Bonchev–Trinajstić information content (AvgIpc) is 3.22. The van der Waals surface area contributed by atoms with Crippen LogP contribution in [0.15, 0.2) is 63.5 Å². The monoisotopic (exact) mass is 550 g/mol. The van der Waals surface area contributed by atoms with E-state index in [2.05, 4.69) is 18.8 Å². The van der Waals surface area contributed by atoms with Crippen LogP contribution in [-0.4, -0.2) is 37.5 Å². The molecule has 1 atom stereocenters. The largest absolute Gasteiger partial charge is 0.493 e. The minimum atomic E-state index is -0.800. The number of nitrogens with zero attached hydrogens (tertiary/aromatic N) is 2. The molecule has 1 aliphatic heterocycles. The molecule has 0 radical (unpaired) electrons. The lowest BCUT2D eigenvalue weighted by Crippen LogP contribution is -2.40. The Labute approximate surface area is 231 Å². The molecule has 3 aromatic rings. The van der Waals surface area contributed by atoms with Crippen molar-refractivity contribution in [1.29, 1.82) is 0 Å². The molecule has 1 aliphatic rings. The zero-order valence-corrected chi connectivity index (χ0v) is 24.0. The Morgan fingerprint density at radius 3 is 2.49 bits per heavy atom. The standard InChI is InChI=1S/C30H34N2O6S/c1-7-36-27-22(10-9-11-23(27)35-6)26-25(29(34)37-8-2)19(5)31-30-32(26)28(33)24(39-30)16-20-12-14-21(15-13-20)38-17-18(3)4/h9-16,18,26H,7-8,17H2,1-6H3/b24-16+/t26-/m1/s1. The van der Waals surface area contributed by atoms with E-state index in [4.69, 9.17) is 18.9 Å². The number of thiazole rings is 1. The molecule has 0 fully saturated rings. The van der Waals surface area contributed by atoms with Crippen LogP contribution in [0.2, 0.25) is 0 Å². The average molecular weight is 551 g/mol. The molecule has 2 heterocycles. The number of fused-ring (bicyclic) bond motifs is 1. The van der Waals surface area contributed by atoms with Crippen LogP contribution >= 0.6 is 11.3 Å². The highest BCUT2D eigenvalue weighted by Gasteiger charge is 2.35. The van der Waals surface area contributed by atoms with Crippen molar-refractivity contribution in [2.75, 3.05) is 26.9 Å². The van der Waals surface area contributed by atoms with E-state index in [1.54, 1.807) is 31.6 Å². The van der Waals surface area contributed by atoms with Gasteiger partial charge in [-0.3, -0.25) is 9.36 Å². The summed E-state index contributed by atoms with van der Waals surface area (Å²) < 4.78 is 24.8. The summed E-state index contributed by atoms with van der Waals surface area (Å²) >= 11 is 1.27. The maximum atomic E-state index is 13.9. The fourth-order valence-electron chi connectivity index (χ4n) is 4.37. The van der Waals surface area contributed by atoms with Gasteiger partial charge in [-0.25, -0.2) is 9.79 Å². The van der Waals surface area contributed by atoms with Crippen LogP contribution in [0.4, 0.5) is 0 Å². The number of benzene rings is 2. The third-order valence-electron chi connectivity index (χ3n) is 6.09. The van der Waals surface area contributed by atoms with Crippen LogP contribution < -0.4 is 29.1 Å². The minimum absolute atomic E-state index is 0.195. The van der Waals surface area contributed by atoms with E-state index in [0.717, 1.165) is 11.3 Å². The Morgan fingerprint density at radius 1 is 1.10 bits per heavy atom. The van der Waals surface area contributed by atoms with Gasteiger partial charge in [0, 0.05) is 5.56 Å². The highest BCUT2D eigenvalue weighted by atomic mass is 32.1. The summed E-state index contributed by atoms with van der Waals surface area (Å²) in [7, 11) is 1.56. The van der Waals surface area contributed by atoms with Gasteiger partial charge in [-0.1, -0.05) is 49.4 Å². The first kappa shape index (κ1) is 28.2. The lowest BCUT2D eigenvalue weighted by atomic mass is 9.94. The van der Waals surface area contributed by atoms with Gasteiger partial charge in [0.25, 0.3) is 5.56 Å². The van der Waals surface area contributed by atoms with Crippen molar-refractivity contribution in [3.05, 3.63) is 84.5 Å². The smallest absolute Gasteiger partial charge is 0.338 e. The van der Waals surface area contributed by atoms with Gasteiger partial charge >= 0.3 is 5.97 Å². The number of carbonyl (C=O) groups excluding carboxylic acids is 1. The van der Waals surface area contributed by atoms with Crippen molar-refractivity contribution in [1.82, 2.24) is 4.57 Å². The van der Waals surface area contributed by atoms with Crippen LogP contribution in [0.25, 0.3) is 6.08 Å². The minimum Gasteiger partial charge on any atom is -0.493 e. The Balaban J connectivity index is 1.88. The first-order valence-electron chi connectivity index (χ1n) is 13.0. The first-order chi connectivity index (χ1) is 18.8. The zero-order chi connectivity index (χ0) is 28.1. The van der Waals surface area contributed by atoms with Crippen molar-refractivity contribution < 1.29 is 23.7 Å². The van der Waals surface area contributed by atoms with Crippen molar-refractivity contribution in [2.45, 2.75) is 40.7 Å². The van der Waals surface area contributed by atoms with E-state index in [1.807, 2.05) is 49.4 Å². The molecule has 4 rings (SSSR count). The Bertz CT molecular complexity index is 1550. The topological polar surface area (TPSA) is 88.4 Å². The van der Waals surface area contributed by atoms with Gasteiger partial charge in [0.1, 0.15) is 11.8 Å². The van der Waals surface area contributed by atoms with E-state index in [1.165, 1.54) is 11.3 Å². The maximum Gasteiger partial charge on any atom is 0.338 e. The summed E-state index contributed by atoms with van der Waals surface area (Å²) in [5.74, 6) is 1.65. The summed E-state index contributed by atoms with van der Waals surface area (Å²) in [4.78, 5) is 32.3. The predicted molar refractivity (Wildman–Crippen MR) is 151 cm³/mol. The molecule has 8 nitrogen and oxygen atoms in total. The molecule has 39 heavy (non-hydrogen) atoms. The van der Waals surface area contributed by atoms with Gasteiger partial charge in [-0.15, -0.1) is 0 Å². The van der Waals surface area contributed by atoms with Crippen LogP contribution in [0.5, 0.6) is 17.2 Å². The number of hydrogen-bond donors (Lipinski definition) is 0. The Morgan fingerprint density at radius 2 is 1.85 bits per heavy atom. The van der Waals surface area contributed by atoms with Gasteiger partial charge in [0.2, 0.25) is 0 Å². The van der Waals surface area contributed by atoms with Gasteiger partial charge < -0.3 is 18.9 Å². The molecular weight excluding hydrogens is 516 g/mol. The molecule has 9 heteroatoms. The second kappa shape index (κ2) is 12.3. The van der Waals surface area contributed by atoms with Crippen LogP contribution in [-0.2, 0) is 9.53 Å². The van der Waals surface area contributed by atoms with Crippen LogP contribution in [0, 0.1) is 5.92 Å². The molecular formula is C30H34N2O6S. The molecule has 206 valence electrons. The van der Waals surface area contributed by atoms with E-state index < -0.39 is 12.0 Å². The second-order valence-electron chi connectivity index (χ2n) is 9.39. The molecule has 0 unspecified atom stereocenters. The summed E-state index contributed by atoms with van der Waals surface area (Å²) in [6.45, 7) is 10.8. The van der Waals surface area contributed by atoms with Gasteiger partial charge in [-0.05, 0) is 56.5 Å². The van der Waals surface area contributed by atoms with E-state index in [9.17, 15) is 9.59 Å².